The number of nitrogens with zero attached hydrogens (tertiary/aromatic N) is 2. The molecule has 0 fully saturated rings. The first-order valence-electron chi connectivity index (χ1n) is 6.74. The van der Waals surface area contributed by atoms with Gasteiger partial charge in [-0.1, -0.05) is 26.8 Å². The van der Waals surface area contributed by atoms with Crippen molar-refractivity contribution in [1.29, 1.82) is 0 Å². The van der Waals surface area contributed by atoms with Crippen LogP contribution in [0.25, 0.3) is 5.69 Å². The van der Waals surface area contributed by atoms with E-state index in [2.05, 4.69) is 4.99 Å². The van der Waals surface area contributed by atoms with Crippen molar-refractivity contribution in [2.24, 2.45) is 10.4 Å². The van der Waals surface area contributed by atoms with Gasteiger partial charge in [0.05, 0.1) is 12.8 Å². The summed E-state index contributed by atoms with van der Waals surface area (Å²) in [6, 6.07) is 7.70. The van der Waals surface area contributed by atoms with Crippen LogP contribution >= 0.6 is 11.3 Å². The molecule has 1 amide bonds. The van der Waals surface area contributed by atoms with E-state index in [4.69, 9.17) is 4.74 Å². The van der Waals surface area contributed by atoms with Gasteiger partial charge in [0.2, 0.25) is 0 Å². The molecule has 5 heteroatoms. The molecule has 0 saturated heterocycles. The summed E-state index contributed by atoms with van der Waals surface area (Å²) in [5.74, 6) is 0.651. The lowest BCUT2D eigenvalue weighted by Crippen LogP contribution is -2.22. The van der Waals surface area contributed by atoms with Crippen LogP contribution in [0.15, 0.2) is 35.5 Å². The zero-order chi connectivity index (χ0) is 15.6. The van der Waals surface area contributed by atoms with Crippen molar-refractivity contribution in [2.45, 2.75) is 27.7 Å². The largest absolute Gasteiger partial charge is 0.497 e. The maximum absolute atomic E-state index is 12.2. The van der Waals surface area contributed by atoms with E-state index in [1.54, 1.807) is 7.11 Å². The molecule has 1 aromatic carbocycles. The number of aromatic nitrogens is 1. The maximum Gasteiger partial charge on any atom is 0.253 e. The van der Waals surface area contributed by atoms with Gasteiger partial charge in [0.15, 0.2) is 4.80 Å². The molecule has 112 valence electrons. The molecule has 21 heavy (non-hydrogen) atoms. The highest BCUT2D eigenvalue weighted by Crippen LogP contribution is 2.18. The number of methoxy groups -OCH3 is 1. The Hall–Kier alpha value is -1.88. The maximum atomic E-state index is 12.2. The van der Waals surface area contributed by atoms with Gasteiger partial charge in [-0.2, -0.15) is 4.99 Å². The molecule has 1 heterocycles. The van der Waals surface area contributed by atoms with E-state index >= 15 is 0 Å². The Kier molecular flexibility index (Phi) is 4.32. The number of ether oxygens (including phenoxy) is 1. The van der Waals surface area contributed by atoms with Crippen molar-refractivity contribution >= 4 is 17.2 Å². The molecule has 0 radical (unpaired) electrons. The molecule has 1 aromatic heterocycles. The third-order valence-electron chi connectivity index (χ3n) is 2.94. The molecule has 0 spiro atoms. The number of hydrogen-bond donors (Lipinski definition) is 0. The second-order valence-corrected chi connectivity index (χ2v) is 7.08. The Bertz CT molecular complexity index is 720. The number of carbonyl (C=O) groups is 1. The number of thiazole rings is 1. The number of aryl methyl sites for hydroxylation is 1. The first kappa shape index (κ1) is 15.5. The van der Waals surface area contributed by atoms with Crippen molar-refractivity contribution in [2.75, 3.05) is 7.11 Å². The average molecular weight is 304 g/mol. The van der Waals surface area contributed by atoms with Crippen LogP contribution in [0.3, 0.4) is 0 Å². The SMILES string of the molecule is COc1cccc(-n2cc(C)s/c2=N\C(=O)C(C)(C)C)c1. The van der Waals surface area contributed by atoms with Crippen LogP contribution in [-0.2, 0) is 4.79 Å². The highest BCUT2D eigenvalue weighted by Gasteiger charge is 2.21. The van der Waals surface area contributed by atoms with E-state index in [0.29, 0.717) is 4.80 Å². The van der Waals surface area contributed by atoms with Gasteiger partial charge in [0.1, 0.15) is 5.75 Å². The predicted molar refractivity (Wildman–Crippen MR) is 85.0 cm³/mol. The van der Waals surface area contributed by atoms with Crippen LogP contribution < -0.4 is 9.54 Å². The minimum atomic E-state index is -0.482. The normalized spacial score (nSPS) is 12.5. The van der Waals surface area contributed by atoms with Crippen LogP contribution in [0.5, 0.6) is 5.75 Å². The van der Waals surface area contributed by atoms with E-state index in [-0.39, 0.29) is 5.91 Å². The molecule has 0 bridgehead atoms. The third kappa shape index (κ3) is 3.61. The van der Waals surface area contributed by atoms with Crippen LogP contribution in [-0.4, -0.2) is 17.6 Å². The van der Waals surface area contributed by atoms with E-state index in [0.717, 1.165) is 16.3 Å². The number of hydrogen-bond acceptors (Lipinski definition) is 3. The molecule has 0 unspecified atom stereocenters. The Morgan fingerprint density at radius 3 is 2.67 bits per heavy atom. The van der Waals surface area contributed by atoms with Crippen molar-refractivity contribution in [1.82, 2.24) is 4.57 Å². The highest BCUT2D eigenvalue weighted by atomic mass is 32.1. The van der Waals surface area contributed by atoms with Crippen LogP contribution in [0.2, 0.25) is 0 Å². The molecule has 2 aromatic rings. The summed E-state index contributed by atoms with van der Waals surface area (Å²) >= 11 is 1.50. The lowest BCUT2D eigenvalue weighted by molar-refractivity contribution is -0.125. The van der Waals surface area contributed by atoms with Gasteiger partial charge in [-0.15, -0.1) is 11.3 Å². The molecule has 4 nitrogen and oxygen atoms in total. The molecule has 2 rings (SSSR count). The first-order valence-corrected chi connectivity index (χ1v) is 7.55. The highest BCUT2D eigenvalue weighted by molar-refractivity contribution is 7.09. The van der Waals surface area contributed by atoms with E-state index in [9.17, 15) is 4.79 Å². The Morgan fingerprint density at radius 1 is 1.33 bits per heavy atom. The summed E-state index contributed by atoms with van der Waals surface area (Å²) in [6.45, 7) is 7.61. The van der Waals surface area contributed by atoms with Crippen LogP contribution in [0, 0.1) is 12.3 Å². The molecule has 0 saturated carbocycles. The average Bonchev–Trinajstić information content (AvgIpc) is 2.78. The molecule has 0 N–H and O–H groups in total. The fourth-order valence-corrected chi connectivity index (χ4v) is 2.56. The lowest BCUT2D eigenvalue weighted by Gasteiger charge is -2.12. The van der Waals surface area contributed by atoms with Gasteiger partial charge >= 0.3 is 0 Å². The molecule has 0 aliphatic carbocycles. The smallest absolute Gasteiger partial charge is 0.253 e. The monoisotopic (exact) mass is 304 g/mol. The standard InChI is InChI=1S/C16H20N2O2S/c1-11-10-18(12-7-6-8-13(9-12)20-5)15(21-11)17-14(19)16(2,3)4/h6-10H,1-5H3/b17-15-. The molecule has 0 aliphatic rings. The fraction of sp³-hybridized carbons (Fsp3) is 0.375. The second kappa shape index (κ2) is 5.85. The van der Waals surface area contributed by atoms with Gasteiger partial charge in [0, 0.05) is 22.6 Å². The minimum Gasteiger partial charge on any atom is -0.497 e. The second-order valence-electron chi connectivity index (χ2n) is 5.86. The van der Waals surface area contributed by atoms with Crippen molar-refractivity contribution in [3.05, 3.63) is 40.1 Å². The number of rotatable bonds is 2. The fourth-order valence-electron chi connectivity index (χ4n) is 1.73. The van der Waals surface area contributed by atoms with Crippen molar-refractivity contribution in [3.8, 4) is 11.4 Å². The number of benzene rings is 1. The minimum absolute atomic E-state index is 0.124. The quantitative estimate of drug-likeness (QED) is 0.854. The van der Waals surface area contributed by atoms with Gasteiger partial charge in [-0.05, 0) is 19.1 Å². The molecule has 0 atom stereocenters. The van der Waals surface area contributed by atoms with Gasteiger partial charge in [-0.25, -0.2) is 0 Å². The summed E-state index contributed by atoms with van der Waals surface area (Å²) in [5, 5.41) is 0. The number of carbonyl (C=O) groups excluding carboxylic acids is 1. The molecule has 0 aliphatic heterocycles. The summed E-state index contributed by atoms with van der Waals surface area (Å²) < 4.78 is 7.17. The number of amides is 1. The molecular weight excluding hydrogens is 284 g/mol. The third-order valence-corrected chi connectivity index (χ3v) is 3.84. The van der Waals surface area contributed by atoms with Gasteiger partial charge < -0.3 is 4.74 Å². The molecular formula is C16H20N2O2S. The Morgan fingerprint density at radius 2 is 2.05 bits per heavy atom. The zero-order valence-corrected chi connectivity index (χ0v) is 13.8. The van der Waals surface area contributed by atoms with E-state index in [1.807, 2.05) is 62.7 Å². The topological polar surface area (TPSA) is 43.6 Å². The van der Waals surface area contributed by atoms with Crippen LogP contribution in [0.1, 0.15) is 25.6 Å². The summed E-state index contributed by atoms with van der Waals surface area (Å²) in [7, 11) is 1.64. The van der Waals surface area contributed by atoms with Gasteiger partial charge in [0.25, 0.3) is 5.91 Å². The van der Waals surface area contributed by atoms with Crippen molar-refractivity contribution in [3.63, 3.8) is 0 Å². The van der Waals surface area contributed by atoms with E-state index in [1.165, 1.54) is 11.3 Å². The first-order chi connectivity index (χ1) is 9.81. The van der Waals surface area contributed by atoms with E-state index < -0.39 is 5.41 Å². The predicted octanol–water partition coefficient (Wildman–Crippen LogP) is 3.33. The zero-order valence-electron chi connectivity index (χ0n) is 13.0. The summed E-state index contributed by atoms with van der Waals surface area (Å²) in [4.78, 5) is 18.2. The summed E-state index contributed by atoms with van der Waals surface area (Å²) in [6.07, 6.45) is 1.98. The summed E-state index contributed by atoms with van der Waals surface area (Å²) in [5.41, 5.74) is 0.448. The van der Waals surface area contributed by atoms with Crippen molar-refractivity contribution < 1.29 is 9.53 Å². The van der Waals surface area contributed by atoms with Gasteiger partial charge in [-0.3, -0.25) is 9.36 Å². The van der Waals surface area contributed by atoms with Crippen LogP contribution in [0.4, 0.5) is 0 Å². The Labute approximate surface area is 128 Å². The lowest BCUT2D eigenvalue weighted by atomic mass is 9.96. The Balaban J connectivity index is 2.56.